The fourth-order valence-corrected chi connectivity index (χ4v) is 2.38. The van der Waals surface area contributed by atoms with Crippen molar-refractivity contribution in [3.8, 4) is 5.75 Å². The third kappa shape index (κ3) is 3.77. The summed E-state index contributed by atoms with van der Waals surface area (Å²) in [5.41, 5.74) is 8.21. The van der Waals surface area contributed by atoms with Gasteiger partial charge in [-0.3, -0.25) is 4.79 Å². The number of hydrogen-bond acceptors (Lipinski definition) is 5. The molecule has 3 N–H and O–H groups in total. The molecule has 1 unspecified atom stereocenters. The molecule has 1 atom stereocenters. The number of hydrogen-bond donors (Lipinski definition) is 2. The molecule has 122 valence electrons. The second-order valence-corrected chi connectivity index (χ2v) is 5.31. The van der Waals surface area contributed by atoms with Crippen molar-refractivity contribution in [3.63, 3.8) is 0 Å². The highest BCUT2D eigenvalue weighted by Crippen LogP contribution is 2.26. The number of ether oxygens (including phenoxy) is 1. The second kappa shape index (κ2) is 7.09. The molecule has 0 spiro atoms. The number of para-hydroxylation sites is 1. The van der Waals surface area contributed by atoms with Gasteiger partial charge in [-0.15, -0.1) is 0 Å². The summed E-state index contributed by atoms with van der Waals surface area (Å²) in [6, 6.07) is 7.69. The van der Waals surface area contributed by atoms with Gasteiger partial charge in [-0.2, -0.15) is 0 Å². The van der Waals surface area contributed by atoms with E-state index in [2.05, 4.69) is 15.3 Å². The van der Waals surface area contributed by atoms with Gasteiger partial charge in [0.2, 0.25) is 5.95 Å². The number of nitrogens with one attached hydrogen (secondary N) is 1. The average molecular weight is 314 g/mol. The molecular formula is C17H22N4O2. The van der Waals surface area contributed by atoms with Gasteiger partial charge in [-0.25, -0.2) is 9.97 Å². The molecule has 0 bridgehead atoms. The number of amides is 1. The number of nitrogens with two attached hydrogens (primary N) is 1. The van der Waals surface area contributed by atoms with E-state index in [4.69, 9.17) is 10.5 Å². The number of anilines is 1. The molecule has 6 heteroatoms. The number of benzene rings is 1. The van der Waals surface area contributed by atoms with E-state index in [-0.39, 0.29) is 11.9 Å². The van der Waals surface area contributed by atoms with Crippen LogP contribution in [0, 0.1) is 13.8 Å². The smallest absolute Gasteiger partial charge is 0.255 e. The first kappa shape index (κ1) is 16.7. The van der Waals surface area contributed by atoms with Crippen LogP contribution < -0.4 is 15.8 Å². The molecule has 0 radical (unpaired) electrons. The van der Waals surface area contributed by atoms with E-state index in [1.807, 2.05) is 45.0 Å². The van der Waals surface area contributed by atoms with Crippen molar-refractivity contribution in [1.29, 1.82) is 0 Å². The molecule has 0 aliphatic carbocycles. The topological polar surface area (TPSA) is 90.1 Å². The fourth-order valence-electron chi connectivity index (χ4n) is 2.38. The van der Waals surface area contributed by atoms with Gasteiger partial charge in [0.25, 0.3) is 5.91 Å². The minimum Gasteiger partial charge on any atom is -0.484 e. The predicted molar refractivity (Wildman–Crippen MR) is 89.4 cm³/mol. The molecule has 0 aliphatic rings. The Morgan fingerprint density at radius 3 is 2.65 bits per heavy atom. The second-order valence-electron chi connectivity index (χ2n) is 5.31. The van der Waals surface area contributed by atoms with Gasteiger partial charge in [-0.05, 0) is 39.3 Å². The van der Waals surface area contributed by atoms with E-state index in [9.17, 15) is 4.79 Å². The Hall–Kier alpha value is -2.63. The minimum absolute atomic E-state index is 0.130. The Morgan fingerprint density at radius 2 is 2.00 bits per heavy atom. The van der Waals surface area contributed by atoms with Crippen LogP contribution in [0.1, 0.15) is 47.3 Å². The molecule has 6 nitrogen and oxygen atoms in total. The highest BCUT2D eigenvalue weighted by molar-refractivity contribution is 5.96. The molecule has 0 aliphatic heterocycles. The monoisotopic (exact) mass is 314 g/mol. The molecule has 1 aromatic heterocycles. The number of aryl methyl sites for hydroxylation is 2. The average Bonchev–Trinajstić information content (AvgIpc) is 2.48. The first-order valence-corrected chi connectivity index (χ1v) is 7.58. The summed E-state index contributed by atoms with van der Waals surface area (Å²) in [6.07, 6.45) is -0.433. The highest BCUT2D eigenvalue weighted by Gasteiger charge is 2.23. The van der Waals surface area contributed by atoms with Crippen molar-refractivity contribution in [2.75, 3.05) is 12.3 Å². The van der Waals surface area contributed by atoms with E-state index >= 15 is 0 Å². The van der Waals surface area contributed by atoms with Gasteiger partial charge in [0.05, 0.1) is 17.0 Å². The summed E-state index contributed by atoms with van der Waals surface area (Å²) in [5, 5.41) is 2.78. The number of rotatable bonds is 5. The molecular weight excluding hydrogens is 292 g/mol. The SMILES string of the molecule is CCNC(=O)c1c(C)nc(N)nc1C(C)Oc1ccccc1C. The molecule has 0 saturated heterocycles. The largest absolute Gasteiger partial charge is 0.484 e. The lowest BCUT2D eigenvalue weighted by Gasteiger charge is -2.19. The molecule has 2 aromatic rings. The van der Waals surface area contributed by atoms with Crippen LogP contribution in [0.2, 0.25) is 0 Å². The Labute approximate surface area is 136 Å². The maximum absolute atomic E-state index is 12.3. The van der Waals surface area contributed by atoms with Crippen LogP contribution in [-0.2, 0) is 0 Å². The lowest BCUT2D eigenvalue weighted by atomic mass is 10.1. The number of nitrogen functional groups attached to an aromatic ring is 1. The zero-order chi connectivity index (χ0) is 17.0. The van der Waals surface area contributed by atoms with Crippen LogP contribution in [0.4, 0.5) is 5.95 Å². The van der Waals surface area contributed by atoms with Gasteiger partial charge in [0.1, 0.15) is 11.9 Å². The number of aromatic nitrogens is 2. The van der Waals surface area contributed by atoms with Crippen molar-refractivity contribution < 1.29 is 9.53 Å². The summed E-state index contributed by atoms with van der Waals surface area (Å²) in [6.45, 7) is 7.93. The summed E-state index contributed by atoms with van der Waals surface area (Å²) in [5.74, 6) is 0.655. The van der Waals surface area contributed by atoms with Crippen molar-refractivity contribution >= 4 is 11.9 Å². The van der Waals surface area contributed by atoms with Crippen LogP contribution in [0.5, 0.6) is 5.75 Å². The standard InChI is InChI=1S/C17H22N4O2/c1-5-19-16(22)14-11(3)20-17(18)21-15(14)12(4)23-13-9-7-6-8-10(13)2/h6-9,12H,5H2,1-4H3,(H,19,22)(H2,18,20,21). The molecule has 1 aromatic carbocycles. The van der Waals surface area contributed by atoms with Crippen molar-refractivity contribution in [1.82, 2.24) is 15.3 Å². The highest BCUT2D eigenvalue weighted by atomic mass is 16.5. The van der Waals surface area contributed by atoms with Crippen molar-refractivity contribution in [3.05, 3.63) is 46.8 Å². The third-order valence-electron chi connectivity index (χ3n) is 3.48. The zero-order valence-electron chi connectivity index (χ0n) is 13.9. The number of carbonyl (C=O) groups is 1. The molecule has 1 heterocycles. The third-order valence-corrected chi connectivity index (χ3v) is 3.48. The van der Waals surface area contributed by atoms with E-state index in [1.54, 1.807) is 6.92 Å². The molecule has 23 heavy (non-hydrogen) atoms. The van der Waals surface area contributed by atoms with E-state index in [1.165, 1.54) is 0 Å². The summed E-state index contributed by atoms with van der Waals surface area (Å²) in [4.78, 5) is 20.7. The Bertz CT molecular complexity index is 716. The summed E-state index contributed by atoms with van der Waals surface area (Å²) in [7, 11) is 0. The van der Waals surface area contributed by atoms with Crippen LogP contribution in [-0.4, -0.2) is 22.4 Å². The van der Waals surface area contributed by atoms with Crippen LogP contribution in [0.15, 0.2) is 24.3 Å². The lowest BCUT2D eigenvalue weighted by molar-refractivity contribution is 0.0949. The zero-order valence-corrected chi connectivity index (χ0v) is 13.9. The van der Waals surface area contributed by atoms with Crippen LogP contribution in [0.3, 0.4) is 0 Å². The quantitative estimate of drug-likeness (QED) is 0.885. The molecule has 0 saturated carbocycles. The maximum Gasteiger partial charge on any atom is 0.255 e. The summed E-state index contributed by atoms with van der Waals surface area (Å²) < 4.78 is 5.98. The first-order valence-electron chi connectivity index (χ1n) is 7.58. The van der Waals surface area contributed by atoms with E-state index < -0.39 is 6.10 Å². The molecule has 1 amide bonds. The Morgan fingerprint density at radius 1 is 1.30 bits per heavy atom. The Kier molecular flexibility index (Phi) is 5.16. The lowest BCUT2D eigenvalue weighted by Crippen LogP contribution is -2.27. The van der Waals surface area contributed by atoms with Gasteiger partial charge >= 0.3 is 0 Å². The Balaban J connectivity index is 2.41. The van der Waals surface area contributed by atoms with Gasteiger partial charge in [-0.1, -0.05) is 18.2 Å². The van der Waals surface area contributed by atoms with Crippen LogP contribution in [0.25, 0.3) is 0 Å². The minimum atomic E-state index is -0.433. The number of nitrogens with zero attached hydrogens (tertiary/aromatic N) is 2. The molecule has 2 rings (SSSR count). The van der Waals surface area contributed by atoms with E-state index in [0.717, 1.165) is 11.3 Å². The van der Waals surface area contributed by atoms with Gasteiger partial charge in [0, 0.05) is 6.54 Å². The van der Waals surface area contributed by atoms with Crippen molar-refractivity contribution in [2.45, 2.75) is 33.8 Å². The summed E-state index contributed by atoms with van der Waals surface area (Å²) >= 11 is 0. The van der Waals surface area contributed by atoms with Gasteiger partial charge in [0.15, 0.2) is 0 Å². The van der Waals surface area contributed by atoms with E-state index in [0.29, 0.717) is 23.5 Å². The molecule has 0 fully saturated rings. The fraction of sp³-hybridized carbons (Fsp3) is 0.353. The van der Waals surface area contributed by atoms with Crippen molar-refractivity contribution in [2.24, 2.45) is 0 Å². The first-order chi connectivity index (χ1) is 10.9. The van der Waals surface area contributed by atoms with Gasteiger partial charge < -0.3 is 15.8 Å². The maximum atomic E-state index is 12.3. The number of carbonyl (C=O) groups excluding carboxylic acids is 1. The predicted octanol–water partition coefficient (Wildman–Crippen LogP) is 2.57. The normalized spacial score (nSPS) is 11.8. The van der Waals surface area contributed by atoms with Crippen LogP contribution >= 0.6 is 0 Å².